The van der Waals surface area contributed by atoms with Gasteiger partial charge in [-0.1, -0.05) is 43.3 Å². The van der Waals surface area contributed by atoms with E-state index >= 15 is 0 Å². The van der Waals surface area contributed by atoms with Crippen LogP contribution in [-0.2, 0) is 0 Å². The average molecular weight is 426 g/mol. The summed E-state index contributed by atoms with van der Waals surface area (Å²) in [5, 5.41) is 14.4. The van der Waals surface area contributed by atoms with Crippen molar-refractivity contribution in [3.63, 3.8) is 0 Å². The molecule has 2 aromatic rings. The molecule has 0 saturated heterocycles. The molecule has 158 valence electrons. The molecule has 3 atom stereocenters. The van der Waals surface area contributed by atoms with Gasteiger partial charge in [-0.2, -0.15) is 13.2 Å². The molecule has 2 N–H and O–H groups in total. The highest BCUT2D eigenvalue weighted by Crippen LogP contribution is 2.42. The van der Waals surface area contributed by atoms with E-state index in [9.17, 15) is 18.3 Å². The summed E-state index contributed by atoms with van der Waals surface area (Å²) < 4.78 is 43.7. The number of methoxy groups -OCH3 is 1. The highest BCUT2D eigenvalue weighted by Gasteiger charge is 2.42. The van der Waals surface area contributed by atoms with Crippen LogP contribution in [0.3, 0.4) is 0 Å². The Morgan fingerprint density at radius 2 is 1.97 bits per heavy atom. The number of ether oxygens (including phenoxy) is 1. The van der Waals surface area contributed by atoms with Crippen LogP contribution in [0.4, 0.5) is 13.2 Å². The van der Waals surface area contributed by atoms with Crippen molar-refractivity contribution in [1.82, 2.24) is 5.32 Å². The van der Waals surface area contributed by atoms with E-state index in [2.05, 4.69) is 5.32 Å². The van der Waals surface area contributed by atoms with Crippen LogP contribution in [0.1, 0.15) is 43.4 Å². The van der Waals surface area contributed by atoms with Crippen LogP contribution in [0, 0.1) is 0 Å². The van der Waals surface area contributed by atoms with Crippen molar-refractivity contribution in [2.45, 2.75) is 54.9 Å². The Morgan fingerprint density at radius 1 is 1.24 bits per heavy atom. The lowest BCUT2D eigenvalue weighted by molar-refractivity contribution is -0.142. The van der Waals surface area contributed by atoms with Gasteiger partial charge in [0.2, 0.25) is 0 Å². The van der Waals surface area contributed by atoms with Crippen LogP contribution in [0.25, 0.3) is 0 Å². The number of aliphatic hydroxyl groups is 1. The predicted molar refractivity (Wildman–Crippen MR) is 109 cm³/mol. The fraction of sp³-hybridized carbons (Fsp3) is 0.455. The van der Waals surface area contributed by atoms with Gasteiger partial charge < -0.3 is 9.84 Å². The van der Waals surface area contributed by atoms with Crippen LogP contribution in [0.15, 0.2) is 53.4 Å². The highest BCUT2D eigenvalue weighted by atomic mass is 32.2. The first kappa shape index (κ1) is 22.0. The van der Waals surface area contributed by atoms with Crippen molar-refractivity contribution in [3.8, 4) is 5.75 Å². The van der Waals surface area contributed by atoms with E-state index in [1.807, 2.05) is 55.5 Å². The third-order valence-corrected chi connectivity index (χ3v) is 6.88. The van der Waals surface area contributed by atoms with Gasteiger partial charge in [-0.05, 0) is 36.1 Å². The molecule has 3 unspecified atom stereocenters. The second kappa shape index (κ2) is 8.98. The van der Waals surface area contributed by atoms with E-state index in [4.69, 9.17) is 4.74 Å². The van der Waals surface area contributed by atoms with Crippen LogP contribution in [-0.4, -0.2) is 35.8 Å². The maximum absolute atomic E-state index is 12.8. The lowest BCUT2D eigenvalue weighted by Crippen LogP contribution is -2.57. The van der Waals surface area contributed by atoms with Crippen molar-refractivity contribution in [2.75, 3.05) is 12.9 Å². The molecule has 0 aliphatic carbocycles. The molecule has 0 spiro atoms. The van der Waals surface area contributed by atoms with E-state index in [0.717, 1.165) is 21.8 Å². The Kier molecular flexibility index (Phi) is 6.81. The molecule has 7 heteroatoms. The van der Waals surface area contributed by atoms with Gasteiger partial charge in [0.05, 0.1) is 24.8 Å². The second-order valence-electron chi connectivity index (χ2n) is 7.36. The quantitative estimate of drug-likeness (QED) is 0.656. The molecule has 2 aromatic carbocycles. The lowest BCUT2D eigenvalue weighted by atomic mass is 9.85. The number of hydrogen-bond acceptors (Lipinski definition) is 4. The first-order valence-electron chi connectivity index (χ1n) is 9.66. The zero-order chi connectivity index (χ0) is 21.1. The number of halogens is 3. The SMILES string of the molecule is CCC1(C(O)CCC(F)(F)F)CSc2cc(OC)ccc2C(c2ccccc2)N1. The standard InChI is InChI=1S/C22H26F3NO2S/c1-3-21(19(27)11-12-22(23,24)25)14-29-18-13-16(28-2)9-10-17(18)20(26-21)15-7-5-4-6-8-15/h4-10,13,19-20,26-27H,3,11-12,14H2,1-2H3. The highest BCUT2D eigenvalue weighted by molar-refractivity contribution is 7.99. The lowest BCUT2D eigenvalue weighted by Gasteiger charge is -2.40. The molecular formula is C22H26F3NO2S. The Hall–Kier alpha value is -1.70. The number of nitrogens with one attached hydrogen (secondary N) is 1. The van der Waals surface area contributed by atoms with Gasteiger partial charge in [-0.3, -0.25) is 5.32 Å². The van der Waals surface area contributed by atoms with Gasteiger partial charge >= 0.3 is 6.18 Å². The van der Waals surface area contributed by atoms with Gasteiger partial charge in [0.15, 0.2) is 0 Å². The minimum Gasteiger partial charge on any atom is -0.497 e. The zero-order valence-electron chi connectivity index (χ0n) is 16.5. The smallest absolute Gasteiger partial charge is 0.389 e. The van der Waals surface area contributed by atoms with Crippen LogP contribution < -0.4 is 10.1 Å². The molecule has 0 fully saturated rings. The second-order valence-corrected chi connectivity index (χ2v) is 8.38. The Balaban J connectivity index is 2.00. The minimum absolute atomic E-state index is 0.243. The van der Waals surface area contributed by atoms with Crippen LogP contribution in [0.2, 0.25) is 0 Å². The maximum Gasteiger partial charge on any atom is 0.389 e. The molecular weight excluding hydrogens is 399 g/mol. The maximum atomic E-state index is 12.8. The fourth-order valence-electron chi connectivity index (χ4n) is 3.74. The Labute approximate surface area is 173 Å². The third-order valence-electron chi connectivity index (χ3n) is 5.55. The van der Waals surface area contributed by atoms with Crippen LogP contribution in [0.5, 0.6) is 5.75 Å². The first-order chi connectivity index (χ1) is 13.8. The van der Waals surface area contributed by atoms with Crippen molar-refractivity contribution >= 4 is 11.8 Å². The van der Waals surface area contributed by atoms with E-state index < -0.39 is 24.2 Å². The molecule has 0 aromatic heterocycles. The molecule has 0 radical (unpaired) electrons. The summed E-state index contributed by atoms with van der Waals surface area (Å²) in [5.41, 5.74) is 1.19. The number of alkyl halides is 3. The number of benzene rings is 2. The van der Waals surface area contributed by atoms with Crippen molar-refractivity contribution in [3.05, 3.63) is 59.7 Å². The molecule has 3 nitrogen and oxygen atoms in total. The average Bonchev–Trinajstić information content (AvgIpc) is 2.89. The number of rotatable bonds is 6. The molecule has 1 aliphatic heterocycles. The summed E-state index contributed by atoms with van der Waals surface area (Å²) in [6.45, 7) is 1.91. The van der Waals surface area contributed by atoms with Gasteiger partial charge in [0.1, 0.15) is 5.75 Å². The normalized spacial score (nSPS) is 23.2. The molecule has 0 amide bonds. The third kappa shape index (κ3) is 5.08. The van der Waals surface area contributed by atoms with Crippen molar-refractivity contribution in [2.24, 2.45) is 0 Å². The van der Waals surface area contributed by atoms with E-state index in [0.29, 0.717) is 12.2 Å². The molecule has 0 saturated carbocycles. The van der Waals surface area contributed by atoms with E-state index in [1.54, 1.807) is 18.9 Å². The van der Waals surface area contributed by atoms with Crippen molar-refractivity contribution < 1.29 is 23.0 Å². The first-order valence-corrected chi connectivity index (χ1v) is 10.6. The molecule has 29 heavy (non-hydrogen) atoms. The molecule has 3 rings (SSSR count). The number of fused-ring (bicyclic) bond motifs is 1. The summed E-state index contributed by atoms with van der Waals surface area (Å²) in [7, 11) is 1.60. The summed E-state index contributed by atoms with van der Waals surface area (Å²) in [6, 6.07) is 15.4. The van der Waals surface area contributed by atoms with Crippen LogP contribution >= 0.6 is 11.8 Å². The summed E-state index contributed by atoms with van der Waals surface area (Å²) >= 11 is 1.55. The largest absolute Gasteiger partial charge is 0.497 e. The monoisotopic (exact) mass is 425 g/mol. The van der Waals surface area contributed by atoms with Gasteiger partial charge in [-0.15, -0.1) is 11.8 Å². The Bertz CT molecular complexity index is 815. The van der Waals surface area contributed by atoms with Crippen molar-refractivity contribution in [1.29, 1.82) is 0 Å². The van der Waals surface area contributed by atoms with E-state index in [1.165, 1.54) is 0 Å². The number of thioether (sulfide) groups is 1. The van der Waals surface area contributed by atoms with Gasteiger partial charge in [-0.25, -0.2) is 0 Å². The number of hydrogen-bond donors (Lipinski definition) is 2. The summed E-state index contributed by atoms with van der Waals surface area (Å²) in [5.74, 6) is 1.19. The molecule has 1 heterocycles. The topological polar surface area (TPSA) is 41.5 Å². The van der Waals surface area contributed by atoms with Gasteiger partial charge in [0.25, 0.3) is 0 Å². The Morgan fingerprint density at radius 3 is 2.59 bits per heavy atom. The van der Waals surface area contributed by atoms with E-state index in [-0.39, 0.29) is 12.5 Å². The summed E-state index contributed by atoms with van der Waals surface area (Å²) in [6.07, 6.45) is -6.23. The minimum atomic E-state index is -4.29. The van der Waals surface area contributed by atoms with Gasteiger partial charge in [0, 0.05) is 17.1 Å². The number of aliphatic hydroxyl groups excluding tert-OH is 1. The fourth-order valence-corrected chi connectivity index (χ4v) is 5.18. The molecule has 0 bridgehead atoms. The zero-order valence-corrected chi connectivity index (χ0v) is 17.3. The predicted octanol–water partition coefficient (Wildman–Crippen LogP) is 5.33. The summed E-state index contributed by atoms with van der Waals surface area (Å²) in [4.78, 5) is 1.00. The molecule has 1 aliphatic rings.